The topological polar surface area (TPSA) is 42.7 Å². The second kappa shape index (κ2) is 7.79. The minimum atomic E-state index is -0.0271. The number of furan rings is 1. The Morgan fingerprint density at radius 3 is 2.78 bits per heavy atom. The van der Waals surface area contributed by atoms with Crippen molar-refractivity contribution in [2.24, 2.45) is 0 Å². The minimum absolute atomic E-state index is 0.0271. The molecule has 1 atom stereocenters. The number of carbonyl (C=O) groups is 1. The minimum Gasteiger partial charge on any atom is -0.467 e. The molecule has 0 aliphatic carbocycles. The Bertz CT molecular complexity index is 628. The molecule has 0 N–H and O–H groups in total. The van der Waals surface area contributed by atoms with Crippen molar-refractivity contribution in [3.63, 3.8) is 0 Å². The van der Waals surface area contributed by atoms with Crippen LogP contribution in [0.2, 0.25) is 0 Å². The number of rotatable bonds is 6. The summed E-state index contributed by atoms with van der Waals surface area (Å²) in [6, 6.07) is 13.5. The Morgan fingerprint density at radius 1 is 1.22 bits per heavy atom. The van der Waals surface area contributed by atoms with E-state index >= 15 is 0 Å². The fraction of sp³-hybridized carbons (Fsp3) is 0.316. The lowest BCUT2D eigenvalue weighted by Gasteiger charge is -2.23. The smallest absolute Gasteiger partial charge is 0.247 e. The molecule has 4 nitrogen and oxygen atoms in total. The zero-order valence-electron chi connectivity index (χ0n) is 13.1. The van der Waals surface area contributed by atoms with E-state index in [4.69, 9.17) is 9.15 Å². The molecule has 0 saturated carbocycles. The van der Waals surface area contributed by atoms with Crippen LogP contribution in [-0.4, -0.2) is 30.1 Å². The van der Waals surface area contributed by atoms with E-state index in [-0.39, 0.29) is 12.0 Å². The maximum atomic E-state index is 12.6. The van der Waals surface area contributed by atoms with Gasteiger partial charge in [-0.1, -0.05) is 30.3 Å². The van der Waals surface area contributed by atoms with E-state index in [1.165, 1.54) is 0 Å². The van der Waals surface area contributed by atoms with Crippen molar-refractivity contribution in [2.75, 3.05) is 13.2 Å². The zero-order valence-corrected chi connectivity index (χ0v) is 13.1. The highest BCUT2D eigenvalue weighted by Crippen LogP contribution is 2.16. The van der Waals surface area contributed by atoms with Crippen molar-refractivity contribution in [1.29, 1.82) is 0 Å². The maximum absolute atomic E-state index is 12.6. The summed E-state index contributed by atoms with van der Waals surface area (Å²) in [5, 5.41) is 0. The van der Waals surface area contributed by atoms with Gasteiger partial charge in [0.25, 0.3) is 0 Å². The Labute approximate surface area is 136 Å². The molecule has 1 amide bonds. The Morgan fingerprint density at radius 2 is 2.09 bits per heavy atom. The van der Waals surface area contributed by atoms with E-state index in [0.29, 0.717) is 13.1 Å². The number of amides is 1. The number of hydrogen-bond acceptors (Lipinski definition) is 3. The van der Waals surface area contributed by atoms with Gasteiger partial charge in [-0.15, -0.1) is 0 Å². The maximum Gasteiger partial charge on any atom is 0.247 e. The van der Waals surface area contributed by atoms with Crippen LogP contribution in [0.15, 0.2) is 59.2 Å². The Kier molecular flexibility index (Phi) is 5.27. The predicted octanol–water partition coefficient (Wildman–Crippen LogP) is 3.50. The largest absolute Gasteiger partial charge is 0.467 e. The molecular formula is C19H21NO3. The first kappa shape index (κ1) is 15.6. The van der Waals surface area contributed by atoms with Gasteiger partial charge >= 0.3 is 0 Å². The normalized spacial score (nSPS) is 17.7. The molecule has 1 aliphatic heterocycles. The molecule has 23 heavy (non-hydrogen) atoms. The van der Waals surface area contributed by atoms with Crippen molar-refractivity contribution in [1.82, 2.24) is 4.90 Å². The van der Waals surface area contributed by atoms with Crippen LogP contribution < -0.4 is 0 Å². The van der Waals surface area contributed by atoms with E-state index in [1.54, 1.807) is 17.2 Å². The van der Waals surface area contributed by atoms with Crippen molar-refractivity contribution >= 4 is 12.0 Å². The van der Waals surface area contributed by atoms with Crippen molar-refractivity contribution in [3.05, 3.63) is 66.1 Å². The summed E-state index contributed by atoms with van der Waals surface area (Å²) in [6.45, 7) is 1.84. The predicted molar refractivity (Wildman–Crippen MR) is 88.6 cm³/mol. The summed E-state index contributed by atoms with van der Waals surface area (Å²) in [7, 11) is 0. The highest BCUT2D eigenvalue weighted by molar-refractivity contribution is 5.91. The highest BCUT2D eigenvalue weighted by Gasteiger charge is 2.22. The molecule has 120 valence electrons. The first-order valence-electron chi connectivity index (χ1n) is 7.97. The molecule has 4 heteroatoms. The van der Waals surface area contributed by atoms with Gasteiger partial charge in [0.2, 0.25) is 5.91 Å². The van der Waals surface area contributed by atoms with Crippen LogP contribution in [0.4, 0.5) is 0 Å². The lowest BCUT2D eigenvalue weighted by atomic mass is 10.2. The second-order valence-corrected chi connectivity index (χ2v) is 5.68. The molecule has 1 aromatic heterocycles. The van der Waals surface area contributed by atoms with Gasteiger partial charge in [-0.2, -0.15) is 0 Å². The van der Waals surface area contributed by atoms with Crippen molar-refractivity contribution < 1.29 is 13.9 Å². The average molecular weight is 311 g/mol. The lowest BCUT2D eigenvalue weighted by molar-refractivity contribution is -0.128. The number of carbonyl (C=O) groups excluding carboxylic acids is 1. The summed E-state index contributed by atoms with van der Waals surface area (Å²) in [5.41, 5.74) is 1.01. The third kappa shape index (κ3) is 4.57. The fourth-order valence-corrected chi connectivity index (χ4v) is 2.69. The van der Waals surface area contributed by atoms with Gasteiger partial charge < -0.3 is 14.1 Å². The van der Waals surface area contributed by atoms with E-state index in [0.717, 1.165) is 30.8 Å². The van der Waals surface area contributed by atoms with Gasteiger partial charge in [0.15, 0.2) is 0 Å². The number of benzene rings is 1. The third-order valence-electron chi connectivity index (χ3n) is 3.90. The summed E-state index contributed by atoms with van der Waals surface area (Å²) in [5.74, 6) is 0.755. The molecule has 1 aliphatic rings. The van der Waals surface area contributed by atoms with Crippen LogP contribution >= 0.6 is 0 Å². The third-order valence-corrected chi connectivity index (χ3v) is 3.90. The lowest BCUT2D eigenvalue weighted by Crippen LogP contribution is -2.35. The van der Waals surface area contributed by atoms with Crippen LogP contribution in [0.3, 0.4) is 0 Å². The molecule has 2 aromatic rings. The molecule has 1 aromatic carbocycles. The monoisotopic (exact) mass is 311 g/mol. The van der Waals surface area contributed by atoms with Gasteiger partial charge in [0.05, 0.1) is 18.9 Å². The van der Waals surface area contributed by atoms with Crippen molar-refractivity contribution in [2.45, 2.75) is 25.5 Å². The first-order chi connectivity index (χ1) is 11.3. The molecule has 1 saturated heterocycles. The van der Waals surface area contributed by atoms with Gasteiger partial charge in [-0.25, -0.2) is 0 Å². The molecule has 0 bridgehead atoms. The van der Waals surface area contributed by atoms with Crippen molar-refractivity contribution in [3.8, 4) is 0 Å². The average Bonchev–Trinajstić information content (AvgIpc) is 3.27. The van der Waals surface area contributed by atoms with Crippen LogP contribution in [0.5, 0.6) is 0 Å². The zero-order chi connectivity index (χ0) is 15.9. The standard InChI is InChI=1S/C19H21NO3/c21-19(11-10-16-6-2-1-3-7-16)20(14-17-8-4-12-22-17)15-18-9-5-13-23-18/h1-4,6-8,10-12,18H,5,9,13-15H2/b11-10+. The highest BCUT2D eigenvalue weighted by atomic mass is 16.5. The Balaban J connectivity index is 1.67. The molecule has 0 spiro atoms. The quantitative estimate of drug-likeness (QED) is 0.767. The molecular weight excluding hydrogens is 290 g/mol. The fourth-order valence-electron chi connectivity index (χ4n) is 2.69. The molecule has 2 heterocycles. The van der Waals surface area contributed by atoms with E-state index < -0.39 is 0 Å². The van der Waals surface area contributed by atoms with E-state index in [9.17, 15) is 4.79 Å². The van der Waals surface area contributed by atoms with E-state index in [1.807, 2.05) is 48.5 Å². The van der Waals surface area contributed by atoms with Gasteiger partial charge in [0, 0.05) is 19.2 Å². The molecule has 0 radical (unpaired) electrons. The van der Waals surface area contributed by atoms with Gasteiger partial charge in [0.1, 0.15) is 5.76 Å². The summed E-state index contributed by atoms with van der Waals surface area (Å²) >= 11 is 0. The van der Waals surface area contributed by atoms with Crippen LogP contribution in [0.1, 0.15) is 24.2 Å². The summed E-state index contributed by atoms with van der Waals surface area (Å²) in [6.07, 6.45) is 7.28. The van der Waals surface area contributed by atoms with Gasteiger partial charge in [-0.05, 0) is 36.6 Å². The number of nitrogens with zero attached hydrogens (tertiary/aromatic N) is 1. The Hall–Kier alpha value is -2.33. The summed E-state index contributed by atoms with van der Waals surface area (Å²) in [4.78, 5) is 14.4. The number of hydrogen-bond donors (Lipinski definition) is 0. The van der Waals surface area contributed by atoms with E-state index in [2.05, 4.69) is 0 Å². The second-order valence-electron chi connectivity index (χ2n) is 5.68. The van der Waals surface area contributed by atoms with Crippen LogP contribution in [0, 0.1) is 0 Å². The summed E-state index contributed by atoms with van der Waals surface area (Å²) < 4.78 is 11.0. The molecule has 1 unspecified atom stereocenters. The first-order valence-corrected chi connectivity index (χ1v) is 7.97. The number of ether oxygens (including phenoxy) is 1. The molecule has 3 rings (SSSR count). The van der Waals surface area contributed by atoms with Crippen LogP contribution in [-0.2, 0) is 16.1 Å². The molecule has 1 fully saturated rings. The SMILES string of the molecule is O=C(/C=C/c1ccccc1)N(Cc1ccco1)CC1CCCO1. The van der Waals surface area contributed by atoms with Crippen LogP contribution in [0.25, 0.3) is 6.08 Å². The van der Waals surface area contributed by atoms with Gasteiger partial charge in [-0.3, -0.25) is 4.79 Å².